The fourth-order valence-corrected chi connectivity index (χ4v) is 1.26. The van der Waals surface area contributed by atoms with Crippen LogP contribution < -0.4 is 11.1 Å². The minimum Gasteiger partial charge on any atom is -0.465 e. The van der Waals surface area contributed by atoms with Crippen LogP contribution in [0.15, 0.2) is 22.7 Å². The van der Waals surface area contributed by atoms with Crippen molar-refractivity contribution >= 4 is 11.8 Å². The third-order valence-electron chi connectivity index (χ3n) is 1.99. The van der Waals surface area contributed by atoms with Crippen molar-refractivity contribution in [3.8, 4) is 0 Å². The highest BCUT2D eigenvalue weighted by molar-refractivity contribution is 5.39. The SMILES string of the molecule is Cc1ccc(CNc2nc(N)ncc2F)o1. The molecule has 2 aromatic heterocycles. The van der Waals surface area contributed by atoms with Crippen molar-refractivity contribution in [1.82, 2.24) is 9.97 Å². The summed E-state index contributed by atoms with van der Waals surface area (Å²) in [7, 11) is 0. The van der Waals surface area contributed by atoms with E-state index in [0.717, 1.165) is 12.0 Å². The van der Waals surface area contributed by atoms with Crippen LogP contribution >= 0.6 is 0 Å². The summed E-state index contributed by atoms with van der Waals surface area (Å²) in [6, 6.07) is 3.65. The first-order chi connectivity index (χ1) is 7.65. The lowest BCUT2D eigenvalue weighted by Crippen LogP contribution is -2.06. The van der Waals surface area contributed by atoms with Gasteiger partial charge >= 0.3 is 0 Å². The molecule has 0 aliphatic rings. The smallest absolute Gasteiger partial charge is 0.222 e. The summed E-state index contributed by atoms with van der Waals surface area (Å²) in [4.78, 5) is 7.26. The highest BCUT2D eigenvalue weighted by Crippen LogP contribution is 2.13. The first-order valence-electron chi connectivity index (χ1n) is 4.72. The van der Waals surface area contributed by atoms with Crippen molar-refractivity contribution in [2.75, 3.05) is 11.1 Å². The summed E-state index contributed by atoms with van der Waals surface area (Å²) in [5, 5.41) is 2.78. The number of nitrogen functional groups attached to an aromatic ring is 1. The molecular formula is C10H11FN4O. The van der Waals surface area contributed by atoms with E-state index in [2.05, 4.69) is 15.3 Å². The Labute approximate surface area is 91.5 Å². The van der Waals surface area contributed by atoms with Gasteiger partial charge in [0.25, 0.3) is 0 Å². The van der Waals surface area contributed by atoms with Crippen molar-refractivity contribution in [3.05, 3.63) is 35.7 Å². The van der Waals surface area contributed by atoms with Crippen LogP contribution in [0.25, 0.3) is 0 Å². The molecule has 0 fully saturated rings. The molecule has 0 bridgehead atoms. The number of halogens is 1. The van der Waals surface area contributed by atoms with Gasteiger partial charge in [-0.15, -0.1) is 0 Å². The second kappa shape index (κ2) is 4.18. The largest absolute Gasteiger partial charge is 0.465 e. The van der Waals surface area contributed by atoms with Gasteiger partial charge in [0.05, 0.1) is 12.7 Å². The third-order valence-corrected chi connectivity index (χ3v) is 1.99. The molecular weight excluding hydrogens is 211 g/mol. The summed E-state index contributed by atoms with van der Waals surface area (Å²) < 4.78 is 18.5. The monoisotopic (exact) mass is 222 g/mol. The average Bonchev–Trinajstić information content (AvgIpc) is 2.66. The Morgan fingerprint density at radius 3 is 3.00 bits per heavy atom. The molecule has 16 heavy (non-hydrogen) atoms. The van der Waals surface area contributed by atoms with Crippen molar-refractivity contribution in [2.45, 2.75) is 13.5 Å². The van der Waals surface area contributed by atoms with Crippen LogP contribution in [0.1, 0.15) is 11.5 Å². The third kappa shape index (κ3) is 2.28. The molecule has 0 saturated heterocycles. The number of aromatic nitrogens is 2. The van der Waals surface area contributed by atoms with Gasteiger partial charge in [0.15, 0.2) is 11.6 Å². The zero-order valence-electron chi connectivity index (χ0n) is 8.70. The van der Waals surface area contributed by atoms with Crippen LogP contribution in [0, 0.1) is 12.7 Å². The number of nitrogens with zero attached hydrogens (tertiary/aromatic N) is 2. The van der Waals surface area contributed by atoms with Crippen LogP contribution in [-0.2, 0) is 6.54 Å². The van der Waals surface area contributed by atoms with E-state index in [0.29, 0.717) is 12.3 Å². The van der Waals surface area contributed by atoms with Crippen molar-refractivity contribution < 1.29 is 8.81 Å². The Balaban J connectivity index is 2.07. The van der Waals surface area contributed by atoms with Crippen LogP contribution in [0.3, 0.4) is 0 Å². The summed E-state index contributed by atoms with van der Waals surface area (Å²) in [5.74, 6) is 1.06. The molecule has 3 N–H and O–H groups in total. The lowest BCUT2D eigenvalue weighted by molar-refractivity contribution is 0.489. The van der Waals surface area contributed by atoms with Crippen LogP contribution in [0.5, 0.6) is 0 Å². The van der Waals surface area contributed by atoms with Crippen LogP contribution in [0.2, 0.25) is 0 Å². The maximum atomic E-state index is 13.2. The van der Waals surface area contributed by atoms with Crippen LogP contribution in [0.4, 0.5) is 16.2 Å². The van der Waals surface area contributed by atoms with Crippen molar-refractivity contribution in [3.63, 3.8) is 0 Å². The first kappa shape index (κ1) is 10.4. The van der Waals surface area contributed by atoms with E-state index in [1.807, 2.05) is 19.1 Å². The van der Waals surface area contributed by atoms with E-state index >= 15 is 0 Å². The highest BCUT2D eigenvalue weighted by atomic mass is 19.1. The van der Waals surface area contributed by atoms with Gasteiger partial charge in [-0.2, -0.15) is 4.98 Å². The fourth-order valence-electron chi connectivity index (χ4n) is 1.26. The van der Waals surface area contributed by atoms with Crippen molar-refractivity contribution in [2.24, 2.45) is 0 Å². The van der Waals surface area contributed by atoms with E-state index in [1.165, 1.54) is 0 Å². The molecule has 6 heteroatoms. The normalized spacial score (nSPS) is 10.4. The topological polar surface area (TPSA) is 77.0 Å². The minimum atomic E-state index is -0.544. The number of nitrogens with one attached hydrogen (secondary N) is 1. The van der Waals surface area contributed by atoms with E-state index in [1.54, 1.807) is 0 Å². The Kier molecular flexibility index (Phi) is 2.72. The fraction of sp³-hybridized carbons (Fsp3) is 0.200. The quantitative estimate of drug-likeness (QED) is 0.826. The average molecular weight is 222 g/mol. The second-order valence-electron chi connectivity index (χ2n) is 3.29. The van der Waals surface area contributed by atoms with E-state index in [4.69, 9.17) is 10.2 Å². The van der Waals surface area contributed by atoms with E-state index in [9.17, 15) is 4.39 Å². The zero-order chi connectivity index (χ0) is 11.5. The Bertz CT molecular complexity index is 497. The molecule has 2 aromatic rings. The number of aryl methyl sites for hydroxylation is 1. The second-order valence-corrected chi connectivity index (χ2v) is 3.29. The van der Waals surface area contributed by atoms with Gasteiger partial charge in [0.2, 0.25) is 5.95 Å². The predicted octanol–water partition coefficient (Wildman–Crippen LogP) is 1.71. The van der Waals surface area contributed by atoms with Gasteiger partial charge in [-0.1, -0.05) is 0 Å². The van der Waals surface area contributed by atoms with Gasteiger partial charge in [-0.05, 0) is 19.1 Å². The standard InChI is InChI=1S/C10H11FN4O/c1-6-2-3-7(16-6)4-13-9-8(11)5-14-10(12)15-9/h2-3,5H,4H2,1H3,(H3,12,13,14,15). The lowest BCUT2D eigenvalue weighted by atomic mass is 10.4. The summed E-state index contributed by atoms with van der Waals surface area (Å²) >= 11 is 0. The summed E-state index contributed by atoms with van der Waals surface area (Å²) in [6.45, 7) is 2.19. The Morgan fingerprint density at radius 1 is 1.50 bits per heavy atom. The maximum Gasteiger partial charge on any atom is 0.222 e. The number of anilines is 2. The summed E-state index contributed by atoms with van der Waals surface area (Å²) in [5.41, 5.74) is 5.35. The predicted molar refractivity (Wildman–Crippen MR) is 57.2 cm³/mol. The zero-order valence-corrected chi connectivity index (χ0v) is 8.70. The molecule has 0 aromatic carbocycles. The molecule has 0 saturated carbocycles. The number of hydrogen-bond acceptors (Lipinski definition) is 5. The summed E-state index contributed by atoms with van der Waals surface area (Å²) in [6.07, 6.45) is 1.03. The molecule has 0 amide bonds. The van der Waals surface area contributed by atoms with Crippen LogP contribution in [-0.4, -0.2) is 9.97 Å². The minimum absolute atomic E-state index is 0.0273. The molecule has 0 radical (unpaired) electrons. The van der Waals surface area contributed by atoms with E-state index in [-0.39, 0.29) is 11.8 Å². The highest BCUT2D eigenvalue weighted by Gasteiger charge is 2.06. The van der Waals surface area contributed by atoms with Gasteiger partial charge in [-0.3, -0.25) is 0 Å². The number of rotatable bonds is 3. The molecule has 0 spiro atoms. The van der Waals surface area contributed by atoms with E-state index < -0.39 is 5.82 Å². The molecule has 5 nitrogen and oxygen atoms in total. The number of nitrogens with two attached hydrogens (primary N) is 1. The van der Waals surface area contributed by atoms with Gasteiger partial charge < -0.3 is 15.5 Å². The Hall–Kier alpha value is -2.11. The first-order valence-corrected chi connectivity index (χ1v) is 4.72. The number of hydrogen-bond donors (Lipinski definition) is 2. The molecule has 0 unspecified atom stereocenters. The molecule has 0 atom stereocenters. The lowest BCUT2D eigenvalue weighted by Gasteiger charge is -2.04. The molecule has 2 heterocycles. The molecule has 0 aliphatic heterocycles. The molecule has 2 rings (SSSR count). The van der Waals surface area contributed by atoms with Crippen molar-refractivity contribution in [1.29, 1.82) is 0 Å². The Morgan fingerprint density at radius 2 is 2.31 bits per heavy atom. The van der Waals surface area contributed by atoms with Gasteiger partial charge in [-0.25, -0.2) is 9.37 Å². The van der Waals surface area contributed by atoms with Gasteiger partial charge in [0, 0.05) is 0 Å². The molecule has 0 aliphatic carbocycles. The maximum absolute atomic E-state index is 13.2. The molecule has 84 valence electrons. The number of furan rings is 1. The van der Waals surface area contributed by atoms with Gasteiger partial charge in [0.1, 0.15) is 11.5 Å².